The summed E-state index contributed by atoms with van der Waals surface area (Å²) in [7, 11) is 1.74. The number of para-hydroxylation sites is 1. The van der Waals surface area contributed by atoms with Crippen molar-refractivity contribution in [3.05, 3.63) is 36.0 Å². The first-order chi connectivity index (χ1) is 14.8. The van der Waals surface area contributed by atoms with Gasteiger partial charge >= 0.3 is 0 Å². The molecule has 2 aromatic heterocycles. The fraction of sp³-hybridized carbons (Fsp3) is 0.500. The molecule has 1 aliphatic carbocycles. The number of benzene rings is 1. The molecular formula is C24H28N4OS. The summed E-state index contributed by atoms with van der Waals surface area (Å²) in [6, 6.07) is 10.8. The molecule has 3 aliphatic rings. The lowest BCUT2D eigenvalue weighted by Crippen LogP contribution is -2.52. The summed E-state index contributed by atoms with van der Waals surface area (Å²) in [6.07, 6.45) is 10.9. The molecule has 30 heavy (non-hydrogen) atoms. The van der Waals surface area contributed by atoms with Crippen molar-refractivity contribution >= 4 is 27.4 Å². The molecule has 4 heterocycles. The van der Waals surface area contributed by atoms with Crippen LogP contribution in [-0.2, 0) is 0 Å². The monoisotopic (exact) mass is 420 g/mol. The van der Waals surface area contributed by atoms with Gasteiger partial charge in [-0.2, -0.15) is 0 Å². The van der Waals surface area contributed by atoms with E-state index in [-0.39, 0.29) is 0 Å². The van der Waals surface area contributed by atoms with Crippen molar-refractivity contribution in [1.82, 2.24) is 15.3 Å². The molecule has 2 bridgehead atoms. The molecule has 3 aromatic rings. The Kier molecular flexibility index (Phi) is 4.65. The highest BCUT2D eigenvalue weighted by atomic mass is 32.1. The number of nitrogens with zero attached hydrogens (tertiary/aromatic N) is 3. The van der Waals surface area contributed by atoms with E-state index in [9.17, 15) is 0 Å². The Morgan fingerprint density at radius 3 is 2.53 bits per heavy atom. The largest absolute Gasteiger partial charge is 0.496 e. The van der Waals surface area contributed by atoms with Crippen LogP contribution in [0, 0.1) is 0 Å². The number of piperidine rings is 1. The first kappa shape index (κ1) is 18.6. The summed E-state index contributed by atoms with van der Waals surface area (Å²) in [5, 5.41) is 7.34. The summed E-state index contributed by atoms with van der Waals surface area (Å²) in [5.41, 5.74) is 2.31. The number of rotatable bonds is 5. The molecule has 6 heteroatoms. The minimum Gasteiger partial charge on any atom is -0.496 e. The van der Waals surface area contributed by atoms with Crippen molar-refractivity contribution in [2.45, 2.75) is 69.1 Å². The van der Waals surface area contributed by atoms with Crippen molar-refractivity contribution < 1.29 is 4.74 Å². The highest BCUT2D eigenvalue weighted by Crippen LogP contribution is 2.46. The smallest absolute Gasteiger partial charge is 0.141 e. The Hall–Kier alpha value is -2.18. The minimum atomic E-state index is 0.574. The molecule has 1 N–H and O–H groups in total. The van der Waals surface area contributed by atoms with Gasteiger partial charge in [0.05, 0.1) is 12.5 Å². The maximum Gasteiger partial charge on any atom is 0.141 e. The minimum absolute atomic E-state index is 0.574. The van der Waals surface area contributed by atoms with Crippen LogP contribution >= 0.6 is 11.3 Å². The van der Waals surface area contributed by atoms with Crippen LogP contribution in [0.4, 0.5) is 5.82 Å². The zero-order valence-electron chi connectivity index (χ0n) is 17.4. The average molecular weight is 421 g/mol. The second-order valence-corrected chi connectivity index (χ2v) is 9.84. The standard InChI is InChI=1S/C24H28N4OS/c1-29-21-8-3-2-7-19(21)20-13-30-24-22(20)23(25-14-26-24)28-17-9-10-18(28)12-16(11-17)27-15-5-4-6-15/h2-3,7-8,13-18,27H,4-6,9-12H2,1H3. The Balaban J connectivity index is 1.38. The molecule has 156 valence electrons. The Labute approximate surface area is 181 Å². The van der Waals surface area contributed by atoms with Crippen LogP contribution in [0.5, 0.6) is 5.75 Å². The van der Waals surface area contributed by atoms with Crippen molar-refractivity contribution in [3.63, 3.8) is 0 Å². The summed E-state index contributed by atoms with van der Waals surface area (Å²) >= 11 is 1.70. The first-order valence-electron chi connectivity index (χ1n) is 11.2. The van der Waals surface area contributed by atoms with Gasteiger partial charge in [0.25, 0.3) is 0 Å². The predicted octanol–water partition coefficient (Wildman–Crippen LogP) is 5.01. The maximum atomic E-state index is 5.67. The van der Waals surface area contributed by atoms with E-state index in [2.05, 4.69) is 32.7 Å². The third-order valence-electron chi connectivity index (χ3n) is 7.30. The average Bonchev–Trinajstić information content (AvgIpc) is 3.29. The lowest BCUT2D eigenvalue weighted by Gasteiger charge is -2.42. The number of nitrogens with one attached hydrogen (secondary N) is 1. The van der Waals surface area contributed by atoms with Gasteiger partial charge in [0.1, 0.15) is 22.7 Å². The van der Waals surface area contributed by atoms with E-state index in [1.807, 2.05) is 12.1 Å². The predicted molar refractivity (Wildman–Crippen MR) is 122 cm³/mol. The lowest BCUT2D eigenvalue weighted by molar-refractivity contribution is 0.260. The highest BCUT2D eigenvalue weighted by molar-refractivity contribution is 7.17. The fourth-order valence-corrected chi connectivity index (χ4v) is 6.59. The SMILES string of the molecule is COc1ccccc1-c1csc2ncnc(N3C4CCC3CC(NC3CCC3)C4)c12. The summed E-state index contributed by atoms with van der Waals surface area (Å²) in [6.45, 7) is 0. The van der Waals surface area contributed by atoms with Gasteiger partial charge in [0, 0.05) is 40.7 Å². The van der Waals surface area contributed by atoms with Crippen molar-refractivity contribution in [1.29, 1.82) is 0 Å². The molecule has 2 saturated heterocycles. The highest BCUT2D eigenvalue weighted by Gasteiger charge is 2.43. The molecule has 1 aromatic carbocycles. The van der Waals surface area contributed by atoms with Crippen LogP contribution in [0.2, 0.25) is 0 Å². The third kappa shape index (κ3) is 3.00. The summed E-state index contributed by atoms with van der Waals surface area (Å²) in [4.78, 5) is 13.2. The number of methoxy groups -OCH3 is 1. The van der Waals surface area contributed by atoms with E-state index in [1.54, 1.807) is 24.8 Å². The number of thiophene rings is 1. The van der Waals surface area contributed by atoms with E-state index < -0.39 is 0 Å². The number of anilines is 1. The fourth-order valence-electron chi connectivity index (χ4n) is 5.69. The quantitative estimate of drug-likeness (QED) is 0.629. The zero-order chi connectivity index (χ0) is 20.1. The molecule has 6 rings (SSSR count). The summed E-state index contributed by atoms with van der Waals surface area (Å²) in [5.74, 6) is 2.02. The molecular weight excluding hydrogens is 392 g/mol. The number of hydrogen-bond donors (Lipinski definition) is 1. The third-order valence-corrected chi connectivity index (χ3v) is 8.19. The first-order valence-corrected chi connectivity index (χ1v) is 12.1. The van der Waals surface area contributed by atoms with E-state index in [4.69, 9.17) is 9.72 Å². The van der Waals surface area contributed by atoms with Crippen LogP contribution in [0.25, 0.3) is 21.3 Å². The maximum absolute atomic E-state index is 5.67. The molecule has 3 fully saturated rings. The molecule has 1 saturated carbocycles. The number of hydrogen-bond acceptors (Lipinski definition) is 6. The second kappa shape index (κ2) is 7.50. The Morgan fingerprint density at radius 1 is 1.00 bits per heavy atom. The van der Waals surface area contributed by atoms with E-state index >= 15 is 0 Å². The van der Waals surface area contributed by atoms with E-state index in [0.717, 1.165) is 28.0 Å². The molecule has 5 nitrogen and oxygen atoms in total. The topological polar surface area (TPSA) is 50.3 Å². The lowest BCUT2D eigenvalue weighted by atomic mass is 9.89. The van der Waals surface area contributed by atoms with Crippen molar-refractivity contribution in [3.8, 4) is 16.9 Å². The van der Waals surface area contributed by atoms with Crippen LogP contribution in [0.1, 0.15) is 44.9 Å². The van der Waals surface area contributed by atoms with Gasteiger partial charge in [0.15, 0.2) is 0 Å². The number of aromatic nitrogens is 2. The van der Waals surface area contributed by atoms with Gasteiger partial charge in [-0.05, 0) is 44.6 Å². The van der Waals surface area contributed by atoms with Crippen LogP contribution in [-0.4, -0.2) is 41.2 Å². The molecule has 2 atom stereocenters. The van der Waals surface area contributed by atoms with Crippen molar-refractivity contribution in [2.75, 3.05) is 12.0 Å². The molecule has 0 spiro atoms. The van der Waals surface area contributed by atoms with Crippen molar-refractivity contribution in [2.24, 2.45) is 0 Å². The van der Waals surface area contributed by atoms with Gasteiger partial charge in [-0.1, -0.05) is 24.6 Å². The zero-order valence-corrected chi connectivity index (χ0v) is 18.2. The van der Waals surface area contributed by atoms with Crippen LogP contribution < -0.4 is 15.0 Å². The van der Waals surface area contributed by atoms with Gasteiger partial charge in [-0.3, -0.25) is 0 Å². The molecule has 0 amide bonds. The molecule has 2 aliphatic heterocycles. The summed E-state index contributed by atoms with van der Waals surface area (Å²) < 4.78 is 5.67. The van der Waals surface area contributed by atoms with E-state index in [1.165, 1.54) is 55.9 Å². The van der Waals surface area contributed by atoms with Gasteiger partial charge in [-0.25, -0.2) is 9.97 Å². The van der Waals surface area contributed by atoms with Gasteiger partial charge in [0.2, 0.25) is 0 Å². The van der Waals surface area contributed by atoms with Gasteiger partial charge in [-0.15, -0.1) is 11.3 Å². The van der Waals surface area contributed by atoms with Crippen LogP contribution in [0.3, 0.4) is 0 Å². The Morgan fingerprint density at radius 2 is 1.80 bits per heavy atom. The van der Waals surface area contributed by atoms with E-state index in [0.29, 0.717) is 18.1 Å². The second-order valence-electron chi connectivity index (χ2n) is 8.98. The van der Waals surface area contributed by atoms with Crippen LogP contribution in [0.15, 0.2) is 36.0 Å². The Bertz CT molecular complexity index is 1050. The van der Waals surface area contributed by atoms with Gasteiger partial charge < -0.3 is 15.0 Å². The molecule has 2 unspecified atom stereocenters. The normalized spacial score (nSPS) is 26.2. The number of fused-ring (bicyclic) bond motifs is 3. The molecule has 0 radical (unpaired) electrons. The number of ether oxygens (including phenoxy) is 1.